The van der Waals surface area contributed by atoms with Crippen LogP contribution in [-0.4, -0.2) is 61.5 Å². The minimum Gasteiger partial charge on any atom is -0.465 e. The van der Waals surface area contributed by atoms with Crippen LogP contribution in [0.3, 0.4) is 0 Å². The molecule has 0 aromatic carbocycles. The largest absolute Gasteiger partial charge is 0.465 e. The highest BCUT2D eigenvalue weighted by molar-refractivity contribution is 5.79. The van der Waals surface area contributed by atoms with E-state index < -0.39 is 0 Å². The van der Waals surface area contributed by atoms with Crippen molar-refractivity contribution in [3.63, 3.8) is 0 Å². The Morgan fingerprint density at radius 3 is 2.00 bits per heavy atom. The van der Waals surface area contributed by atoms with Gasteiger partial charge in [0.15, 0.2) is 0 Å². The molecule has 0 N–H and O–H groups in total. The minimum absolute atomic E-state index is 0.0745. The van der Waals surface area contributed by atoms with Crippen molar-refractivity contribution < 1.29 is 14.3 Å². The van der Waals surface area contributed by atoms with Crippen LogP contribution >= 0.6 is 0 Å². The van der Waals surface area contributed by atoms with Gasteiger partial charge in [0, 0.05) is 13.1 Å². The number of rotatable bonds is 9. The van der Waals surface area contributed by atoms with Crippen LogP contribution in [0, 0.1) is 0 Å². The summed E-state index contributed by atoms with van der Waals surface area (Å²) in [4.78, 5) is 26.8. The number of nitrogens with zero attached hydrogens (tertiary/aromatic N) is 2. The normalized spacial score (nSPS) is 10.5. The molecule has 0 aromatic heterocycles. The van der Waals surface area contributed by atoms with Crippen LogP contribution in [0.4, 0.5) is 0 Å². The maximum atomic E-state index is 12.0. The maximum Gasteiger partial charge on any atom is 0.320 e. The van der Waals surface area contributed by atoms with Crippen LogP contribution < -0.4 is 0 Å². The zero-order valence-electron chi connectivity index (χ0n) is 12.1. The van der Waals surface area contributed by atoms with Gasteiger partial charge in [-0.25, -0.2) is 0 Å². The highest BCUT2D eigenvalue weighted by atomic mass is 16.5. The first-order valence-electron chi connectivity index (χ1n) is 6.67. The topological polar surface area (TPSA) is 49.9 Å². The van der Waals surface area contributed by atoms with Gasteiger partial charge in [0.05, 0.1) is 19.7 Å². The van der Waals surface area contributed by atoms with Gasteiger partial charge in [0.2, 0.25) is 5.91 Å². The number of ether oxygens (including phenoxy) is 1. The zero-order valence-corrected chi connectivity index (χ0v) is 12.1. The van der Waals surface area contributed by atoms with Gasteiger partial charge in [-0.05, 0) is 26.8 Å². The summed E-state index contributed by atoms with van der Waals surface area (Å²) in [5.41, 5.74) is 0. The summed E-state index contributed by atoms with van der Waals surface area (Å²) in [6.07, 6.45) is 1.90. The Balaban J connectivity index is 4.13. The third-order valence-corrected chi connectivity index (χ3v) is 2.45. The summed E-state index contributed by atoms with van der Waals surface area (Å²) in [5.74, 6) is -0.212. The molecule has 5 heteroatoms. The summed E-state index contributed by atoms with van der Waals surface area (Å²) >= 11 is 0. The molecule has 1 amide bonds. The van der Waals surface area contributed by atoms with Crippen LogP contribution in [0.2, 0.25) is 0 Å². The van der Waals surface area contributed by atoms with Crippen molar-refractivity contribution in [3.05, 3.63) is 0 Å². The fraction of sp³-hybridized carbons (Fsp3) is 0.846. The molecule has 0 atom stereocenters. The molecule has 0 saturated carbocycles. The molecule has 0 fully saturated rings. The van der Waals surface area contributed by atoms with Crippen molar-refractivity contribution in [2.24, 2.45) is 0 Å². The van der Waals surface area contributed by atoms with Gasteiger partial charge in [0.1, 0.15) is 0 Å². The van der Waals surface area contributed by atoms with Crippen molar-refractivity contribution >= 4 is 11.9 Å². The fourth-order valence-electron chi connectivity index (χ4n) is 1.71. The maximum absolute atomic E-state index is 12.0. The van der Waals surface area contributed by atoms with Crippen LogP contribution in [0.5, 0.6) is 0 Å². The highest BCUT2D eigenvalue weighted by Crippen LogP contribution is 1.97. The SMILES string of the molecule is CCCN(CCC)C(=O)CN(C)CC(=O)OCC. The van der Waals surface area contributed by atoms with Gasteiger partial charge in [0.25, 0.3) is 0 Å². The molecule has 0 spiro atoms. The summed E-state index contributed by atoms with van der Waals surface area (Å²) in [7, 11) is 1.75. The lowest BCUT2D eigenvalue weighted by atomic mass is 10.3. The lowest BCUT2D eigenvalue weighted by Gasteiger charge is -2.24. The first kappa shape index (κ1) is 16.9. The van der Waals surface area contributed by atoms with E-state index in [1.165, 1.54) is 0 Å². The van der Waals surface area contributed by atoms with E-state index in [0.717, 1.165) is 25.9 Å². The third-order valence-electron chi connectivity index (χ3n) is 2.45. The van der Waals surface area contributed by atoms with Gasteiger partial charge in [-0.2, -0.15) is 0 Å². The van der Waals surface area contributed by atoms with Crippen LogP contribution in [0.25, 0.3) is 0 Å². The van der Waals surface area contributed by atoms with E-state index in [-0.39, 0.29) is 25.0 Å². The molecular weight excluding hydrogens is 232 g/mol. The molecule has 0 saturated heterocycles. The van der Waals surface area contributed by atoms with Crippen molar-refractivity contribution in [1.29, 1.82) is 0 Å². The van der Waals surface area contributed by atoms with E-state index in [0.29, 0.717) is 6.61 Å². The molecule has 18 heavy (non-hydrogen) atoms. The lowest BCUT2D eigenvalue weighted by molar-refractivity contribution is -0.144. The molecule has 0 aliphatic heterocycles. The van der Waals surface area contributed by atoms with E-state index in [1.807, 2.05) is 4.90 Å². The van der Waals surface area contributed by atoms with Crippen LogP contribution in [-0.2, 0) is 14.3 Å². The second kappa shape index (κ2) is 9.88. The molecule has 106 valence electrons. The molecule has 0 unspecified atom stereocenters. The molecule has 0 bridgehead atoms. The number of esters is 1. The monoisotopic (exact) mass is 258 g/mol. The second-order valence-corrected chi connectivity index (χ2v) is 4.36. The molecular formula is C13H26N2O3. The smallest absolute Gasteiger partial charge is 0.320 e. The number of carbonyl (C=O) groups is 2. The molecule has 5 nitrogen and oxygen atoms in total. The van der Waals surface area contributed by atoms with Gasteiger partial charge >= 0.3 is 5.97 Å². The quantitative estimate of drug-likeness (QED) is 0.582. The van der Waals surface area contributed by atoms with Crippen molar-refractivity contribution in [2.45, 2.75) is 33.6 Å². The molecule has 0 heterocycles. The highest BCUT2D eigenvalue weighted by Gasteiger charge is 2.16. The average Bonchev–Trinajstić information content (AvgIpc) is 2.28. The summed E-state index contributed by atoms with van der Waals surface area (Å²) < 4.78 is 4.84. The number of amides is 1. The fourth-order valence-corrected chi connectivity index (χ4v) is 1.71. The predicted octanol–water partition coefficient (Wildman–Crippen LogP) is 1.13. The van der Waals surface area contributed by atoms with Crippen molar-refractivity contribution in [3.8, 4) is 0 Å². The number of hydrogen-bond acceptors (Lipinski definition) is 4. The summed E-state index contributed by atoms with van der Waals surface area (Å²) in [6, 6.07) is 0. The minimum atomic E-state index is -0.287. The van der Waals surface area contributed by atoms with Crippen LogP contribution in [0.1, 0.15) is 33.6 Å². The number of hydrogen-bond donors (Lipinski definition) is 0. The molecule has 0 aromatic rings. The lowest BCUT2D eigenvalue weighted by Crippen LogP contribution is -2.41. The Bertz CT molecular complexity index is 251. The van der Waals surface area contributed by atoms with Crippen molar-refractivity contribution in [1.82, 2.24) is 9.80 Å². The summed E-state index contributed by atoms with van der Waals surface area (Å²) in [6.45, 7) is 8.23. The van der Waals surface area contributed by atoms with E-state index >= 15 is 0 Å². The Kier molecular flexibility index (Phi) is 9.28. The third kappa shape index (κ3) is 7.27. The Morgan fingerprint density at radius 2 is 1.56 bits per heavy atom. The molecule has 0 rings (SSSR count). The van der Waals surface area contributed by atoms with Gasteiger partial charge in [-0.15, -0.1) is 0 Å². The Morgan fingerprint density at radius 1 is 1.00 bits per heavy atom. The molecule has 0 radical (unpaired) electrons. The van der Waals surface area contributed by atoms with Gasteiger partial charge in [-0.1, -0.05) is 13.8 Å². The predicted molar refractivity (Wildman–Crippen MR) is 71.3 cm³/mol. The molecule has 0 aliphatic rings. The van der Waals surface area contributed by atoms with Crippen LogP contribution in [0.15, 0.2) is 0 Å². The van der Waals surface area contributed by atoms with E-state index in [1.54, 1.807) is 18.9 Å². The average molecular weight is 258 g/mol. The summed E-state index contributed by atoms with van der Waals surface area (Å²) in [5, 5.41) is 0. The van der Waals surface area contributed by atoms with E-state index in [2.05, 4.69) is 13.8 Å². The van der Waals surface area contributed by atoms with Gasteiger partial charge in [-0.3, -0.25) is 14.5 Å². The van der Waals surface area contributed by atoms with Gasteiger partial charge < -0.3 is 9.64 Å². The standard InChI is InChI=1S/C13H26N2O3/c1-5-8-15(9-6-2)12(16)10-14(4)11-13(17)18-7-3/h5-11H2,1-4H3. The number of carbonyl (C=O) groups excluding carboxylic acids is 2. The van der Waals surface area contributed by atoms with E-state index in [4.69, 9.17) is 4.74 Å². The van der Waals surface area contributed by atoms with Crippen molar-refractivity contribution in [2.75, 3.05) is 39.8 Å². The first-order valence-corrected chi connectivity index (χ1v) is 6.67. The first-order chi connectivity index (χ1) is 8.54. The second-order valence-electron chi connectivity index (χ2n) is 4.36. The number of likely N-dealkylation sites (N-methyl/N-ethyl adjacent to an activating group) is 1. The Labute approximate surface area is 110 Å². The molecule has 0 aliphatic carbocycles. The Hall–Kier alpha value is -1.10. The van der Waals surface area contributed by atoms with E-state index in [9.17, 15) is 9.59 Å². The zero-order chi connectivity index (χ0) is 14.0.